The van der Waals surface area contributed by atoms with Gasteiger partial charge in [-0.15, -0.1) is 0 Å². The van der Waals surface area contributed by atoms with Gasteiger partial charge in [0.15, 0.2) is 5.78 Å². The van der Waals surface area contributed by atoms with Crippen LogP contribution in [0.15, 0.2) is 28.3 Å². The molecule has 0 N–H and O–H groups in total. The Balaban J connectivity index is 2.22. The second-order valence-electron chi connectivity index (χ2n) is 5.57. The molecular formula is C15H21NO2. The van der Waals surface area contributed by atoms with E-state index in [-0.39, 0.29) is 17.2 Å². The fourth-order valence-electron chi connectivity index (χ4n) is 2.40. The number of carbonyl (C=O) groups is 1. The summed E-state index contributed by atoms with van der Waals surface area (Å²) in [6.07, 6.45) is 5.50. The molecule has 0 aromatic carbocycles. The van der Waals surface area contributed by atoms with Crippen LogP contribution in [0.2, 0.25) is 0 Å². The molecular weight excluding hydrogens is 226 g/mol. The van der Waals surface area contributed by atoms with Crippen LogP contribution in [0.5, 0.6) is 0 Å². The van der Waals surface area contributed by atoms with Gasteiger partial charge >= 0.3 is 0 Å². The summed E-state index contributed by atoms with van der Waals surface area (Å²) in [6.45, 7) is 8.69. The maximum Gasteiger partial charge on any atom is 0.212 e. The predicted molar refractivity (Wildman–Crippen MR) is 72.7 cm³/mol. The fourth-order valence-corrected chi connectivity index (χ4v) is 2.40. The van der Waals surface area contributed by atoms with E-state index in [4.69, 9.17) is 4.74 Å². The minimum atomic E-state index is -0.147. The molecule has 1 atom stereocenters. The van der Waals surface area contributed by atoms with Crippen molar-refractivity contribution in [3.05, 3.63) is 23.3 Å². The summed E-state index contributed by atoms with van der Waals surface area (Å²) in [4.78, 5) is 16.5. The van der Waals surface area contributed by atoms with Crippen molar-refractivity contribution >= 4 is 11.7 Å². The van der Waals surface area contributed by atoms with Gasteiger partial charge in [0.2, 0.25) is 5.90 Å². The molecule has 1 aliphatic heterocycles. The van der Waals surface area contributed by atoms with Crippen LogP contribution in [0.25, 0.3) is 0 Å². The van der Waals surface area contributed by atoms with Crippen molar-refractivity contribution in [2.75, 3.05) is 6.61 Å². The maximum absolute atomic E-state index is 11.9. The molecule has 1 heterocycles. The molecule has 2 aliphatic rings. The molecule has 98 valence electrons. The lowest BCUT2D eigenvalue weighted by Crippen LogP contribution is -2.20. The van der Waals surface area contributed by atoms with E-state index in [0.29, 0.717) is 13.0 Å². The number of nitrogens with zero attached hydrogens (tertiary/aromatic N) is 1. The topological polar surface area (TPSA) is 38.7 Å². The SMILES string of the molecule is CCC(=O)C1=CCC=C(C2=NC(C)(C)CO2)C1C. The van der Waals surface area contributed by atoms with Crippen LogP contribution in [0.4, 0.5) is 0 Å². The third kappa shape index (κ3) is 2.40. The van der Waals surface area contributed by atoms with Crippen molar-refractivity contribution in [2.24, 2.45) is 10.9 Å². The maximum atomic E-state index is 11.9. The van der Waals surface area contributed by atoms with Crippen LogP contribution in [0.1, 0.15) is 40.5 Å². The number of carbonyl (C=O) groups excluding carboxylic acids is 1. The minimum Gasteiger partial charge on any atom is -0.475 e. The van der Waals surface area contributed by atoms with Gasteiger partial charge in [0, 0.05) is 17.9 Å². The molecule has 1 aliphatic carbocycles. The fraction of sp³-hybridized carbons (Fsp3) is 0.600. The van der Waals surface area contributed by atoms with E-state index in [2.05, 4.69) is 31.8 Å². The van der Waals surface area contributed by atoms with Gasteiger partial charge in [-0.05, 0) is 25.8 Å². The van der Waals surface area contributed by atoms with Crippen LogP contribution in [0.3, 0.4) is 0 Å². The van der Waals surface area contributed by atoms with Gasteiger partial charge < -0.3 is 4.74 Å². The molecule has 0 aromatic rings. The molecule has 0 radical (unpaired) electrons. The van der Waals surface area contributed by atoms with Crippen molar-refractivity contribution in [1.82, 2.24) is 0 Å². The molecule has 18 heavy (non-hydrogen) atoms. The number of hydrogen-bond donors (Lipinski definition) is 0. The number of Topliss-reactive ketones (excluding diaryl/α,β-unsaturated/α-hetero) is 1. The quantitative estimate of drug-likeness (QED) is 0.768. The zero-order chi connectivity index (χ0) is 13.3. The average molecular weight is 247 g/mol. The first-order valence-corrected chi connectivity index (χ1v) is 6.61. The summed E-state index contributed by atoms with van der Waals surface area (Å²) < 4.78 is 5.68. The highest BCUT2D eigenvalue weighted by Crippen LogP contribution is 2.31. The Labute approximate surface area is 109 Å². The molecule has 1 unspecified atom stereocenters. The molecule has 0 aromatic heterocycles. The Kier molecular flexibility index (Phi) is 3.42. The van der Waals surface area contributed by atoms with E-state index in [1.165, 1.54) is 0 Å². The van der Waals surface area contributed by atoms with Crippen molar-refractivity contribution in [1.29, 1.82) is 0 Å². The minimum absolute atomic E-state index is 0.0962. The number of ketones is 1. The normalized spacial score (nSPS) is 26.0. The molecule has 3 nitrogen and oxygen atoms in total. The largest absolute Gasteiger partial charge is 0.475 e. The van der Waals surface area contributed by atoms with Crippen LogP contribution >= 0.6 is 0 Å². The number of allylic oxidation sites excluding steroid dienone is 3. The van der Waals surface area contributed by atoms with Crippen molar-refractivity contribution < 1.29 is 9.53 Å². The average Bonchev–Trinajstić information content (AvgIpc) is 2.69. The summed E-state index contributed by atoms with van der Waals surface area (Å²) in [5.41, 5.74) is 1.83. The molecule has 0 amide bonds. The van der Waals surface area contributed by atoms with Gasteiger partial charge in [0.05, 0.1) is 5.54 Å². The van der Waals surface area contributed by atoms with Crippen molar-refractivity contribution in [3.63, 3.8) is 0 Å². The van der Waals surface area contributed by atoms with Gasteiger partial charge in [-0.2, -0.15) is 0 Å². The van der Waals surface area contributed by atoms with Gasteiger partial charge in [0.1, 0.15) is 6.61 Å². The molecule has 0 saturated carbocycles. The highest BCUT2D eigenvalue weighted by molar-refractivity contribution is 6.02. The molecule has 0 saturated heterocycles. The molecule has 0 bridgehead atoms. The second kappa shape index (κ2) is 4.71. The van der Waals surface area contributed by atoms with Crippen LogP contribution < -0.4 is 0 Å². The van der Waals surface area contributed by atoms with E-state index in [9.17, 15) is 4.79 Å². The van der Waals surface area contributed by atoms with E-state index in [1.807, 2.05) is 13.0 Å². The number of ether oxygens (including phenoxy) is 1. The van der Waals surface area contributed by atoms with E-state index in [0.717, 1.165) is 23.5 Å². The zero-order valence-corrected chi connectivity index (χ0v) is 11.6. The lowest BCUT2D eigenvalue weighted by atomic mass is 9.84. The monoisotopic (exact) mass is 247 g/mol. The van der Waals surface area contributed by atoms with Crippen molar-refractivity contribution in [2.45, 2.75) is 46.1 Å². The Morgan fingerprint density at radius 2 is 2.22 bits per heavy atom. The Bertz CT molecular complexity index is 455. The van der Waals surface area contributed by atoms with Gasteiger partial charge in [-0.1, -0.05) is 26.0 Å². The Morgan fingerprint density at radius 1 is 1.50 bits per heavy atom. The van der Waals surface area contributed by atoms with Crippen LogP contribution in [-0.4, -0.2) is 23.8 Å². The van der Waals surface area contributed by atoms with E-state index < -0.39 is 0 Å². The van der Waals surface area contributed by atoms with Crippen molar-refractivity contribution in [3.8, 4) is 0 Å². The molecule has 0 spiro atoms. The smallest absolute Gasteiger partial charge is 0.212 e. The first-order valence-electron chi connectivity index (χ1n) is 6.61. The zero-order valence-electron chi connectivity index (χ0n) is 11.6. The first kappa shape index (κ1) is 13.1. The molecule has 2 rings (SSSR count). The van der Waals surface area contributed by atoms with Crippen LogP contribution in [0, 0.1) is 5.92 Å². The number of rotatable bonds is 3. The predicted octanol–water partition coefficient (Wildman–Crippen LogP) is 3.07. The summed E-state index contributed by atoms with van der Waals surface area (Å²) in [7, 11) is 0. The van der Waals surface area contributed by atoms with Gasteiger partial charge in [0.25, 0.3) is 0 Å². The lowest BCUT2D eigenvalue weighted by molar-refractivity contribution is -0.115. The highest BCUT2D eigenvalue weighted by Gasteiger charge is 2.32. The molecule has 0 fully saturated rings. The lowest BCUT2D eigenvalue weighted by Gasteiger charge is -2.21. The van der Waals surface area contributed by atoms with E-state index >= 15 is 0 Å². The molecule has 3 heteroatoms. The summed E-state index contributed by atoms with van der Waals surface area (Å²) in [6, 6.07) is 0. The van der Waals surface area contributed by atoms with Crippen LogP contribution in [-0.2, 0) is 9.53 Å². The van der Waals surface area contributed by atoms with Gasteiger partial charge in [-0.3, -0.25) is 4.79 Å². The number of aliphatic imine (C=N–C) groups is 1. The third-order valence-electron chi connectivity index (χ3n) is 3.46. The third-order valence-corrected chi connectivity index (χ3v) is 3.46. The Hall–Kier alpha value is -1.38. The number of hydrogen-bond acceptors (Lipinski definition) is 3. The summed E-state index contributed by atoms with van der Waals surface area (Å²) >= 11 is 0. The first-order chi connectivity index (χ1) is 8.44. The summed E-state index contributed by atoms with van der Waals surface area (Å²) in [5, 5.41) is 0. The van der Waals surface area contributed by atoms with E-state index in [1.54, 1.807) is 0 Å². The highest BCUT2D eigenvalue weighted by atomic mass is 16.5. The second-order valence-corrected chi connectivity index (χ2v) is 5.57. The Morgan fingerprint density at radius 3 is 2.78 bits per heavy atom. The standard InChI is InChI=1S/C15H21NO2/c1-5-13(17)11-7-6-8-12(10(11)2)14-16-15(3,4)9-18-14/h7-8,10H,5-6,9H2,1-4H3. The summed E-state index contributed by atoms with van der Waals surface area (Å²) in [5.74, 6) is 1.05. The van der Waals surface area contributed by atoms with Gasteiger partial charge in [-0.25, -0.2) is 4.99 Å².